The second-order valence-corrected chi connectivity index (χ2v) is 5.93. The molecule has 6 nitrogen and oxygen atoms in total. The average Bonchev–Trinajstić information content (AvgIpc) is 3.18. The number of imidazole rings is 1. The molecule has 1 aromatic carbocycles. The van der Waals surface area contributed by atoms with E-state index < -0.39 is 0 Å². The van der Waals surface area contributed by atoms with E-state index in [0.717, 1.165) is 29.6 Å². The first-order valence-corrected chi connectivity index (χ1v) is 8.01. The molecule has 118 valence electrons. The number of rotatable bonds is 4. The van der Waals surface area contributed by atoms with Gasteiger partial charge in [0.15, 0.2) is 0 Å². The topological polar surface area (TPSA) is 64.7 Å². The summed E-state index contributed by atoms with van der Waals surface area (Å²) in [7, 11) is 0. The van der Waals surface area contributed by atoms with Gasteiger partial charge in [0.2, 0.25) is 5.91 Å². The smallest absolute Gasteiger partial charge is 0.240 e. The molecule has 4 rings (SSSR count). The predicted octanol–water partition coefficient (Wildman–Crippen LogP) is 1.89. The molecule has 0 aliphatic carbocycles. The van der Waals surface area contributed by atoms with Gasteiger partial charge in [-0.25, -0.2) is 4.98 Å². The summed E-state index contributed by atoms with van der Waals surface area (Å²) in [6.07, 6.45) is 7.04. The molecular weight excluding hydrogens is 290 g/mol. The highest BCUT2D eigenvalue weighted by Crippen LogP contribution is 2.18. The van der Waals surface area contributed by atoms with Crippen LogP contribution in [0, 0.1) is 0 Å². The van der Waals surface area contributed by atoms with E-state index in [2.05, 4.69) is 20.1 Å². The minimum absolute atomic E-state index is 0.0103. The van der Waals surface area contributed by atoms with Crippen LogP contribution < -0.4 is 5.32 Å². The molecule has 0 fully saturated rings. The average molecular weight is 309 g/mol. The number of carbonyl (C=O) groups excluding carboxylic acids is 1. The van der Waals surface area contributed by atoms with E-state index in [1.165, 1.54) is 18.5 Å². The Morgan fingerprint density at radius 2 is 2.17 bits per heavy atom. The molecule has 1 aliphatic rings. The molecule has 0 bridgehead atoms. The van der Waals surface area contributed by atoms with Crippen LogP contribution in [0.4, 0.5) is 0 Å². The molecule has 0 atom stereocenters. The molecule has 3 aromatic rings. The quantitative estimate of drug-likeness (QED) is 0.800. The first-order chi connectivity index (χ1) is 11.3. The van der Waals surface area contributed by atoms with E-state index in [0.29, 0.717) is 6.54 Å². The number of nitrogens with one attached hydrogen (secondary N) is 1. The molecule has 0 spiro atoms. The Morgan fingerprint density at radius 3 is 3.13 bits per heavy atom. The van der Waals surface area contributed by atoms with Crippen molar-refractivity contribution in [3.8, 4) is 0 Å². The standard InChI is InChI=1S/C17H19N5O/c23-17(11-21-12-19-14-5-1-2-7-16(14)21)18-9-13-10-20-22-8-4-3-6-15(13)22/h1-2,5,7,10,12H,3-4,6,8-9,11H2,(H,18,23). The summed E-state index contributed by atoms with van der Waals surface area (Å²) < 4.78 is 3.94. The van der Waals surface area contributed by atoms with Crippen LogP contribution in [0.2, 0.25) is 0 Å². The molecule has 0 saturated heterocycles. The van der Waals surface area contributed by atoms with Crippen LogP contribution in [0.1, 0.15) is 24.1 Å². The minimum Gasteiger partial charge on any atom is -0.350 e. The van der Waals surface area contributed by atoms with E-state index in [-0.39, 0.29) is 12.5 Å². The van der Waals surface area contributed by atoms with Crippen molar-refractivity contribution < 1.29 is 4.79 Å². The maximum absolute atomic E-state index is 12.2. The molecule has 6 heteroatoms. The van der Waals surface area contributed by atoms with Crippen LogP contribution in [-0.2, 0) is 30.8 Å². The van der Waals surface area contributed by atoms with Crippen LogP contribution in [0.15, 0.2) is 36.8 Å². The fourth-order valence-corrected chi connectivity index (χ4v) is 3.17. The highest BCUT2D eigenvalue weighted by atomic mass is 16.1. The lowest BCUT2D eigenvalue weighted by molar-refractivity contribution is -0.121. The molecular formula is C17H19N5O. The lowest BCUT2D eigenvalue weighted by Gasteiger charge is -2.15. The monoisotopic (exact) mass is 309 g/mol. The van der Waals surface area contributed by atoms with Gasteiger partial charge in [0.05, 0.1) is 23.6 Å². The Balaban J connectivity index is 1.42. The Morgan fingerprint density at radius 1 is 1.26 bits per heavy atom. The highest BCUT2D eigenvalue weighted by Gasteiger charge is 2.15. The second kappa shape index (κ2) is 5.87. The number of hydrogen-bond acceptors (Lipinski definition) is 3. The van der Waals surface area contributed by atoms with Crippen LogP contribution >= 0.6 is 0 Å². The predicted molar refractivity (Wildman–Crippen MR) is 86.7 cm³/mol. The van der Waals surface area contributed by atoms with Crippen LogP contribution in [0.25, 0.3) is 11.0 Å². The van der Waals surface area contributed by atoms with E-state index in [1.807, 2.05) is 35.0 Å². The van der Waals surface area contributed by atoms with E-state index in [9.17, 15) is 4.79 Å². The summed E-state index contributed by atoms with van der Waals surface area (Å²) >= 11 is 0. The first kappa shape index (κ1) is 14.0. The van der Waals surface area contributed by atoms with Crippen molar-refractivity contribution in [1.82, 2.24) is 24.6 Å². The summed E-state index contributed by atoms with van der Waals surface area (Å²) in [6.45, 7) is 1.81. The van der Waals surface area contributed by atoms with Gasteiger partial charge >= 0.3 is 0 Å². The maximum Gasteiger partial charge on any atom is 0.240 e. The van der Waals surface area contributed by atoms with Crippen molar-refractivity contribution in [2.24, 2.45) is 0 Å². The van der Waals surface area contributed by atoms with E-state index >= 15 is 0 Å². The molecule has 1 aliphatic heterocycles. The number of amides is 1. The largest absolute Gasteiger partial charge is 0.350 e. The van der Waals surface area contributed by atoms with E-state index in [1.54, 1.807) is 6.33 Å². The molecule has 3 heterocycles. The number of hydrogen-bond donors (Lipinski definition) is 1. The normalized spacial score (nSPS) is 13.9. The van der Waals surface area contributed by atoms with Gasteiger partial charge in [0.25, 0.3) is 0 Å². The van der Waals surface area contributed by atoms with Crippen molar-refractivity contribution in [1.29, 1.82) is 0 Å². The summed E-state index contributed by atoms with van der Waals surface area (Å²) in [5, 5.41) is 7.40. The molecule has 2 aromatic heterocycles. The van der Waals surface area contributed by atoms with Crippen molar-refractivity contribution in [3.63, 3.8) is 0 Å². The Hall–Kier alpha value is -2.63. The number of para-hydroxylation sites is 2. The summed E-state index contributed by atoms with van der Waals surface area (Å²) in [5.41, 5.74) is 4.29. The third-order valence-electron chi connectivity index (χ3n) is 4.39. The highest BCUT2D eigenvalue weighted by molar-refractivity contribution is 5.80. The van der Waals surface area contributed by atoms with Crippen molar-refractivity contribution >= 4 is 16.9 Å². The lowest BCUT2D eigenvalue weighted by atomic mass is 10.1. The van der Waals surface area contributed by atoms with Gasteiger partial charge in [-0.15, -0.1) is 0 Å². The van der Waals surface area contributed by atoms with Crippen molar-refractivity contribution in [3.05, 3.63) is 48.0 Å². The molecule has 23 heavy (non-hydrogen) atoms. The summed E-state index contributed by atoms with van der Waals surface area (Å²) in [4.78, 5) is 16.5. The van der Waals surface area contributed by atoms with Crippen LogP contribution in [0.5, 0.6) is 0 Å². The number of nitrogens with zero attached hydrogens (tertiary/aromatic N) is 4. The molecule has 0 saturated carbocycles. The van der Waals surface area contributed by atoms with Crippen LogP contribution in [0.3, 0.4) is 0 Å². The van der Waals surface area contributed by atoms with Gasteiger partial charge in [0.1, 0.15) is 6.54 Å². The fourth-order valence-electron chi connectivity index (χ4n) is 3.17. The van der Waals surface area contributed by atoms with Crippen molar-refractivity contribution in [2.75, 3.05) is 0 Å². The van der Waals surface area contributed by atoms with E-state index in [4.69, 9.17) is 0 Å². The number of fused-ring (bicyclic) bond motifs is 2. The summed E-state index contributed by atoms with van der Waals surface area (Å²) in [6, 6.07) is 7.83. The van der Waals surface area contributed by atoms with Gasteiger partial charge in [0, 0.05) is 24.3 Å². The first-order valence-electron chi connectivity index (χ1n) is 8.01. The molecule has 1 N–H and O–H groups in total. The Labute approximate surface area is 134 Å². The lowest BCUT2D eigenvalue weighted by Crippen LogP contribution is -2.27. The third kappa shape index (κ3) is 2.72. The number of benzene rings is 1. The van der Waals surface area contributed by atoms with Crippen LogP contribution in [-0.4, -0.2) is 25.2 Å². The molecule has 1 amide bonds. The minimum atomic E-state index is -0.0103. The van der Waals surface area contributed by atoms with Gasteiger partial charge in [-0.05, 0) is 31.4 Å². The number of aryl methyl sites for hydroxylation is 1. The zero-order chi connectivity index (χ0) is 15.6. The maximum atomic E-state index is 12.2. The van der Waals surface area contributed by atoms with Gasteiger partial charge < -0.3 is 9.88 Å². The zero-order valence-electron chi connectivity index (χ0n) is 12.9. The van der Waals surface area contributed by atoms with Gasteiger partial charge in [-0.1, -0.05) is 12.1 Å². The SMILES string of the molecule is O=C(Cn1cnc2ccccc21)NCc1cnn2c1CCCC2. The van der Waals surface area contributed by atoms with Gasteiger partial charge in [-0.3, -0.25) is 9.48 Å². The Kier molecular flexibility index (Phi) is 3.57. The van der Waals surface area contributed by atoms with Gasteiger partial charge in [-0.2, -0.15) is 5.10 Å². The Bertz CT molecular complexity index is 848. The zero-order valence-corrected chi connectivity index (χ0v) is 12.9. The number of aromatic nitrogens is 4. The second-order valence-electron chi connectivity index (χ2n) is 5.93. The molecule has 0 unspecified atom stereocenters. The third-order valence-corrected chi connectivity index (χ3v) is 4.39. The number of carbonyl (C=O) groups is 1. The summed E-state index contributed by atoms with van der Waals surface area (Å²) in [5.74, 6) is -0.0103. The molecule has 0 radical (unpaired) electrons. The van der Waals surface area contributed by atoms with Crippen molar-refractivity contribution in [2.45, 2.75) is 38.9 Å². The fraction of sp³-hybridized carbons (Fsp3) is 0.353.